The molecule has 180 valence electrons. The number of imide groups is 1. The number of halogens is 1. The molecule has 0 spiro atoms. The molecule has 2 aromatic rings. The predicted molar refractivity (Wildman–Crippen MR) is 125 cm³/mol. The van der Waals surface area contributed by atoms with E-state index in [1.54, 1.807) is 49.4 Å². The SMILES string of the molecule is CC(C)CNC(=O)[C@@H](C)N(Cc1ccccc1F)C(=O)CCCN1C(=O)c2ccccc2C1=O. The Morgan fingerprint density at radius 2 is 1.56 bits per heavy atom. The van der Waals surface area contributed by atoms with Crippen molar-refractivity contribution < 1.29 is 23.6 Å². The Kier molecular flexibility index (Phi) is 8.15. The fourth-order valence-corrected chi connectivity index (χ4v) is 3.82. The monoisotopic (exact) mass is 467 g/mol. The van der Waals surface area contributed by atoms with Crippen molar-refractivity contribution in [1.82, 2.24) is 15.1 Å². The van der Waals surface area contributed by atoms with Gasteiger partial charge in [0.2, 0.25) is 11.8 Å². The molecule has 0 aromatic heterocycles. The number of carbonyl (C=O) groups is 4. The summed E-state index contributed by atoms with van der Waals surface area (Å²) in [6.45, 7) is 6.02. The molecule has 2 aromatic carbocycles. The smallest absolute Gasteiger partial charge is 0.261 e. The molecule has 0 radical (unpaired) electrons. The Labute approximate surface area is 198 Å². The molecule has 1 atom stereocenters. The maximum atomic E-state index is 14.3. The van der Waals surface area contributed by atoms with E-state index in [2.05, 4.69) is 5.32 Å². The van der Waals surface area contributed by atoms with Crippen LogP contribution >= 0.6 is 0 Å². The van der Waals surface area contributed by atoms with E-state index in [-0.39, 0.29) is 55.5 Å². The predicted octanol–water partition coefficient (Wildman–Crippen LogP) is 3.39. The Morgan fingerprint density at radius 1 is 0.971 bits per heavy atom. The van der Waals surface area contributed by atoms with Crippen LogP contribution in [-0.4, -0.2) is 52.6 Å². The second-order valence-corrected chi connectivity index (χ2v) is 8.84. The third kappa shape index (κ3) is 5.68. The number of rotatable bonds is 10. The molecule has 7 nitrogen and oxygen atoms in total. The van der Waals surface area contributed by atoms with Crippen molar-refractivity contribution in [2.75, 3.05) is 13.1 Å². The van der Waals surface area contributed by atoms with Gasteiger partial charge in [-0.3, -0.25) is 24.1 Å². The minimum absolute atomic E-state index is 0.00363. The van der Waals surface area contributed by atoms with E-state index in [0.717, 1.165) is 4.90 Å². The second-order valence-electron chi connectivity index (χ2n) is 8.84. The topological polar surface area (TPSA) is 86.8 Å². The van der Waals surface area contributed by atoms with E-state index in [0.29, 0.717) is 23.2 Å². The van der Waals surface area contributed by atoms with E-state index in [4.69, 9.17) is 0 Å². The maximum absolute atomic E-state index is 14.3. The molecule has 1 aliphatic rings. The molecule has 1 heterocycles. The van der Waals surface area contributed by atoms with Crippen LogP contribution in [0.1, 0.15) is 59.9 Å². The fraction of sp³-hybridized carbons (Fsp3) is 0.385. The van der Waals surface area contributed by atoms with Crippen molar-refractivity contribution in [3.05, 3.63) is 71.0 Å². The average Bonchev–Trinajstić information content (AvgIpc) is 3.06. The summed E-state index contributed by atoms with van der Waals surface area (Å²) in [5, 5.41) is 2.82. The molecular weight excluding hydrogens is 437 g/mol. The second kappa shape index (κ2) is 11.0. The summed E-state index contributed by atoms with van der Waals surface area (Å²) >= 11 is 0. The summed E-state index contributed by atoms with van der Waals surface area (Å²) in [6, 6.07) is 11.9. The van der Waals surface area contributed by atoms with Crippen LogP contribution in [0, 0.1) is 11.7 Å². The van der Waals surface area contributed by atoms with Crippen molar-refractivity contribution in [2.45, 2.75) is 46.2 Å². The number of fused-ring (bicyclic) bond motifs is 1. The highest BCUT2D eigenvalue weighted by Crippen LogP contribution is 2.23. The van der Waals surface area contributed by atoms with Gasteiger partial charge >= 0.3 is 0 Å². The first-order valence-corrected chi connectivity index (χ1v) is 11.5. The summed E-state index contributed by atoms with van der Waals surface area (Å²) in [7, 11) is 0. The Balaban J connectivity index is 1.67. The Morgan fingerprint density at radius 3 is 2.15 bits per heavy atom. The first-order chi connectivity index (χ1) is 16.2. The molecule has 1 aliphatic heterocycles. The van der Waals surface area contributed by atoms with Gasteiger partial charge in [-0.25, -0.2) is 4.39 Å². The summed E-state index contributed by atoms with van der Waals surface area (Å²) < 4.78 is 14.3. The zero-order valence-electron chi connectivity index (χ0n) is 19.7. The van der Waals surface area contributed by atoms with Crippen molar-refractivity contribution in [2.24, 2.45) is 5.92 Å². The molecule has 0 saturated heterocycles. The van der Waals surface area contributed by atoms with Crippen LogP contribution in [0.2, 0.25) is 0 Å². The van der Waals surface area contributed by atoms with Gasteiger partial charge in [-0.15, -0.1) is 0 Å². The lowest BCUT2D eigenvalue weighted by Gasteiger charge is -2.29. The van der Waals surface area contributed by atoms with Gasteiger partial charge in [0.05, 0.1) is 11.1 Å². The van der Waals surface area contributed by atoms with E-state index < -0.39 is 11.9 Å². The molecule has 34 heavy (non-hydrogen) atoms. The molecule has 8 heteroatoms. The lowest BCUT2D eigenvalue weighted by atomic mass is 10.1. The average molecular weight is 468 g/mol. The summed E-state index contributed by atoms with van der Waals surface area (Å²) in [5.41, 5.74) is 1.02. The lowest BCUT2D eigenvalue weighted by Crippen LogP contribution is -2.48. The van der Waals surface area contributed by atoms with Crippen molar-refractivity contribution >= 4 is 23.6 Å². The summed E-state index contributed by atoms with van der Waals surface area (Å²) in [5.74, 6) is -1.64. The van der Waals surface area contributed by atoms with Gasteiger partial charge in [0.25, 0.3) is 11.8 Å². The van der Waals surface area contributed by atoms with Crippen molar-refractivity contribution in [3.8, 4) is 0 Å². The first-order valence-electron chi connectivity index (χ1n) is 11.5. The molecule has 4 amide bonds. The normalized spacial score (nSPS) is 13.7. The first kappa shape index (κ1) is 25.1. The Bertz CT molecular complexity index is 1050. The van der Waals surface area contributed by atoms with Gasteiger partial charge in [-0.2, -0.15) is 0 Å². The van der Waals surface area contributed by atoms with Gasteiger partial charge in [0.1, 0.15) is 11.9 Å². The lowest BCUT2D eigenvalue weighted by molar-refractivity contribution is -0.140. The van der Waals surface area contributed by atoms with E-state index in [1.165, 1.54) is 11.0 Å². The highest BCUT2D eigenvalue weighted by Gasteiger charge is 2.35. The number of nitrogens with zero attached hydrogens (tertiary/aromatic N) is 2. The quantitative estimate of drug-likeness (QED) is 0.543. The maximum Gasteiger partial charge on any atom is 0.261 e. The minimum atomic E-state index is -0.815. The zero-order valence-corrected chi connectivity index (χ0v) is 19.7. The Hall–Kier alpha value is -3.55. The number of amides is 4. The largest absolute Gasteiger partial charge is 0.354 e. The zero-order chi connectivity index (χ0) is 24.8. The molecule has 3 rings (SSSR count). The van der Waals surface area contributed by atoms with Crippen LogP contribution in [0.15, 0.2) is 48.5 Å². The van der Waals surface area contributed by atoms with Crippen LogP contribution in [0.3, 0.4) is 0 Å². The van der Waals surface area contributed by atoms with Crippen LogP contribution in [0.5, 0.6) is 0 Å². The van der Waals surface area contributed by atoms with Crippen LogP contribution < -0.4 is 5.32 Å². The number of carbonyl (C=O) groups excluding carboxylic acids is 4. The molecule has 0 fully saturated rings. The van der Waals surface area contributed by atoms with Crippen LogP contribution in [-0.2, 0) is 16.1 Å². The van der Waals surface area contributed by atoms with Crippen molar-refractivity contribution in [1.29, 1.82) is 0 Å². The summed E-state index contributed by atoms with van der Waals surface area (Å²) in [4.78, 5) is 53.4. The number of nitrogens with one attached hydrogen (secondary N) is 1. The number of hydrogen-bond acceptors (Lipinski definition) is 4. The van der Waals surface area contributed by atoms with Gasteiger partial charge in [-0.1, -0.05) is 44.2 Å². The van der Waals surface area contributed by atoms with E-state index >= 15 is 0 Å². The third-order valence-electron chi connectivity index (χ3n) is 5.80. The van der Waals surface area contributed by atoms with Crippen molar-refractivity contribution in [3.63, 3.8) is 0 Å². The molecular formula is C26H30FN3O4. The highest BCUT2D eigenvalue weighted by atomic mass is 19.1. The molecule has 0 saturated carbocycles. The molecule has 0 aliphatic carbocycles. The highest BCUT2D eigenvalue weighted by molar-refractivity contribution is 6.21. The molecule has 0 bridgehead atoms. The standard InChI is InChI=1S/C26H30FN3O4/c1-17(2)15-28-24(32)18(3)30(16-19-9-4-7-12-22(19)27)23(31)13-8-14-29-25(33)20-10-5-6-11-21(20)26(29)34/h4-7,9-12,17-18H,8,13-16H2,1-3H3,(H,28,32)/t18-/m1/s1. The van der Waals surface area contributed by atoms with Crippen LogP contribution in [0.25, 0.3) is 0 Å². The number of benzene rings is 2. The molecule has 0 unspecified atom stereocenters. The van der Waals surface area contributed by atoms with Crippen LogP contribution in [0.4, 0.5) is 4.39 Å². The van der Waals surface area contributed by atoms with E-state index in [9.17, 15) is 23.6 Å². The van der Waals surface area contributed by atoms with Gasteiger partial charge < -0.3 is 10.2 Å². The van der Waals surface area contributed by atoms with Gasteiger partial charge in [0, 0.05) is 31.6 Å². The number of hydrogen-bond donors (Lipinski definition) is 1. The third-order valence-corrected chi connectivity index (χ3v) is 5.80. The van der Waals surface area contributed by atoms with Gasteiger partial charge in [0.15, 0.2) is 0 Å². The van der Waals surface area contributed by atoms with Gasteiger partial charge in [-0.05, 0) is 37.5 Å². The van der Waals surface area contributed by atoms with E-state index in [1.807, 2.05) is 13.8 Å². The molecule has 1 N–H and O–H groups in total. The minimum Gasteiger partial charge on any atom is -0.354 e. The fourth-order valence-electron chi connectivity index (χ4n) is 3.82. The summed E-state index contributed by atoms with van der Waals surface area (Å²) in [6.07, 6.45) is 0.238.